The van der Waals surface area contributed by atoms with Crippen LogP contribution in [0.1, 0.15) is 183 Å². The quantitative estimate of drug-likeness (QED) is 0.0954. The molecule has 0 aromatic heterocycles. The van der Waals surface area contributed by atoms with E-state index in [1.807, 2.05) is 0 Å². The summed E-state index contributed by atoms with van der Waals surface area (Å²) < 4.78 is 0. The molecule has 6 aliphatic heterocycles. The zero-order valence-corrected chi connectivity index (χ0v) is 45.9. The second-order valence-electron chi connectivity index (χ2n) is 23.3. The summed E-state index contributed by atoms with van der Waals surface area (Å²) in [5.41, 5.74) is 21.1. The van der Waals surface area contributed by atoms with Crippen LogP contribution >= 0.6 is 0 Å². The number of nitrogens with zero attached hydrogens (tertiary/aromatic N) is 9. The molecule has 0 bridgehead atoms. The molecule has 0 radical (unpaired) electrons. The van der Waals surface area contributed by atoms with E-state index in [2.05, 4.69) is 149 Å². The Morgan fingerprint density at radius 3 is 1.23 bits per heavy atom. The van der Waals surface area contributed by atoms with Crippen LogP contribution in [0, 0.1) is 17.8 Å². The number of hydrogen-bond donors (Lipinski definition) is 6. The maximum Gasteiger partial charge on any atom is 0.0723 e. The smallest absolute Gasteiger partial charge is 0.0723 e. The molecule has 15 heteroatoms. The van der Waals surface area contributed by atoms with Gasteiger partial charge in [0.05, 0.1) is 17.1 Å². The van der Waals surface area contributed by atoms with Crippen LogP contribution in [-0.4, -0.2) is 194 Å². The van der Waals surface area contributed by atoms with Crippen molar-refractivity contribution in [3.63, 3.8) is 0 Å². The number of nitrogens with two attached hydrogens (primary N) is 3. The lowest BCUT2D eigenvalue weighted by atomic mass is 9.88. The first-order valence-electron chi connectivity index (χ1n) is 26.7. The predicted octanol–water partition coefficient (Wildman–Crippen LogP) is 8.57. The van der Waals surface area contributed by atoms with Gasteiger partial charge in [-0.25, -0.2) is 0 Å². The van der Waals surface area contributed by atoms with Gasteiger partial charge in [-0.1, -0.05) is 30.3 Å². The van der Waals surface area contributed by atoms with Crippen molar-refractivity contribution in [3.05, 3.63) is 0 Å². The molecule has 0 aromatic rings. The molecule has 0 amide bonds. The van der Waals surface area contributed by atoms with Crippen molar-refractivity contribution >= 4 is 17.1 Å². The molecule has 1 saturated carbocycles. The van der Waals surface area contributed by atoms with Crippen molar-refractivity contribution in [2.24, 2.45) is 50.4 Å². The molecule has 6 heterocycles. The van der Waals surface area contributed by atoms with Crippen molar-refractivity contribution in [2.75, 3.05) is 78.5 Å². The van der Waals surface area contributed by atoms with Gasteiger partial charge in [0.15, 0.2) is 0 Å². The van der Waals surface area contributed by atoms with Gasteiger partial charge < -0.3 is 52.4 Å². The van der Waals surface area contributed by atoms with E-state index in [9.17, 15) is 0 Å². The lowest BCUT2D eigenvalue weighted by molar-refractivity contribution is 0.217. The molecule has 1 aliphatic carbocycles. The summed E-state index contributed by atoms with van der Waals surface area (Å²) in [6, 6.07) is 4.20. The fraction of sp³-hybridized carbons (Fsp3) is 0.944. The summed E-state index contributed by atoms with van der Waals surface area (Å²) >= 11 is 0. The Bertz CT molecular complexity index is 1390. The second kappa shape index (κ2) is 33.0. The second-order valence-corrected chi connectivity index (χ2v) is 23.3. The minimum atomic E-state index is 0. The van der Waals surface area contributed by atoms with Gasteiger partial charge in [-0.2, -0.15) is 0 Å². The third-order valence-corrected chi connectivity index (χ3v) is 15.7. The molecular formula is C54H116N12O3. The number of hydrogen-bond acceptors (Lipinski definition) is 15. The Balaban J connectivity index is 0.000000800. The van der Waals surface area contributed by atoms with Gasteiger partial charge >= 0.3 is 0 Å². The molecule has 7 fully saturated rings. The first-order valence-corrected chi connectivity index (χ1v) is 26.7. The molecule has 7 aliphatic rings. The van der Waals surface area contributed by atoms with Gasteiger partial charge in [-0.05, 0) is 193 Å². The molecule has 6 saturated heterocycles. The summed E-state index contributed by atoms with van der Waals surface area (Å²) in [4.78, 5) is 14.6. The van der Waals surface area contributed by atoms with Crippen molar-refractivity contribution in [1.29, 1.82) is 0 Å². The maximum absolute atomic E-state index is 8.55. The summed E-state index contributed by atoms with van der Waals surface area (Å²) in [6.07, 6.45) is 11.3. The molecule has 9 N–H and O–H groups in total. The van der Waals surface area contributed by atoms with Crippen molar-refractivity contribution in [1.82, 2.24) is 29.4 Å². The van der Waals surface area contributed by atoms with Crippen molar-refractivity contribution in [3.8, 4) is 0 Å². The zero-order chi connectivity index (χ0) is 50.6. The number of piperidine rings is 2. The van der Waals surface area contributed by atoms with Gasteiger partial charge in [0.1, 0.15) is 0 Å². The SMILES string of the molecule is C.C.CC(C)N1CC/C(=N/O)C1.CC(C)N1CCC(=NO)CC1.CC(C)N1CCC(C2(N)CC2)C1.CC(C)N1CCC/C(=N/O)C1.CC(C)N1CC[C@@H](C(C)(C)N)C1.CC(N)[C@@H]1CCN(C(C)C)C1. The minimum absolute atomic E-state index is 0. The highest BCUT2D eigenvalue weighted by molar-refractivity contribution is 5.88. The summed E-state index contributed by atoms with van der Waals surface area (Å²) in [5.74, 6) is 2.21. The van der Waals surface area contributed by atoms with E-state index < -0.39 is 0 Å². The van der Waals surface area contributed by atoms with Gasteiger partial charge in [0.2, 0.25) is 0 Å². The first-order chi connectivity index (χ1) is 31.3. The molecule has 69 heavy (non-hydrogen) atoms. The zero-order valence-electron chi connectivity index (χ0n) is 45.9. The van der Waals surface area contributed by atoms with Gasteiger partial charge in [-0.3, -0.25) is 9.80 Å². The Labute approximate surface area is 426 Å². The number of likely N-dealkylation sites (tertiary alicyclic amines) is 6. The van der Waals surface area contributed by atoms with Gasteiger partial charge in [0, 0.05) is 125 Å². The van der Waals surface area contributed by atoms with Gasteiger partial charge in [0.25, 0.3) is 0 Å². The van der Waals surface area contributed by atoms with Crippen LogP contribution in [0.25, 0.3) is 0 Å². The van der Waals surface area contributed by atoms with E-state index >= 15 is 0 Å². The average Bonchev–Trinajstić information content (AvgIpc) is 3.94. The molecule has 410 valence electrons. The summed E-state index contributed by atoms with van der Waals surface area (Å²) in [5, 5.41) is 35.1. The van der Waals surface area contributed by atoms with Crippen LogP contribution in [0.3, 0.4) is 0 Å². The van der Waals surface area contributed by atoms with E-state index in [1.54, 1.807) is 0 Å². The molecule has 0 spiro atoms. The van der Waals surface area contributed by atoms with Crippen LogP contribution in [0.15, 0.2) is 15.5 Å². The van der Waals surface area contributed by atoms with Crippen molar-refractivity contribution < 1.29 is 15.6 Å². The average molecular weight is 982 g/mol. The molecular weight excluding hydrogens is 865 g/mol. The number of rotatable bonds is 9. The highest BCUT2D eigenvalue weighted by Gasteiger charge is 2.48. The van der Waals surface area contributed by atoms with Crippen LogP contribution in [0.4, 0.5) is 0 Å². The predicted molar refractivity (Wildman–Crippen MR) is 297 cm³/mol. The third-order valence-electron chi connectivity index (χ3n) is 15.7. The van der Waals surface area contributed by atoms with Crippen molar-refractivity contribution in [2.45, 2.75) is 236 Å². The summed E-state index contributed by atoms with van der Waals surface area (Å²) in [7, 11) is 0. The Morgan fingerprint density at radius 2 is 0.899 bits per heavy atom. The molecule has 7 rings (SSSR count). The first kappa shape index (κ1) is 67.0. The highest BCUT2D eigenvalue weighted by atomic mass is 16.4. The molecule has 2 unspecified atom stereocenters. The standard InChI is InChI=1S/C10H20N2.C10H22N2.C9H20N2.2C8H16N2O.C7H14N2O.2CH4/c1-8(2)12-6-3-9(7-12)10(11)4-5-10;1-8(2)12-6-5-9(7-12)10(3,4)11;1-7(2)11-5-4-9(6-11)8(3)10;1-7(2)10-5-3-8(9-11)4-6-10;1-7(2)10-5-3-4-8(6-10)9-11;1-6(2)9-4-3-7(5-9)8-10;;/h8-9H,3-7,11H2,1-2H3;8-9H,5-7,11H2,1-4H3;7-9H,4-6,10H2,1-3H3;2*7,11H,3-6H2,1-2H3;6,10H,3-5H2,1-2H3;2*1H4/b;;;;9-8-;8-7-;;/t;9-;8?,9-;;;;;/m.11...../s1. The monoisotopic (exact) mass is 981 g/mol. The van der Waals surface area contributed by atoms with Crippen LogP contribution in [0.2, 0.25) is 0 Å². The van der Waals surface area contributed by atoms with Gasteiger partial charge in [-0.15, -0.1) is 0 Å². The molecule has 4 atom stereocenters. The van der Waals surface area contributed by atoms with E-state index in [0.717, 1.165) is 100 Å². The largest absolute Gasteiger partial charge is 0.411 e. The minimum Gasteiger partial charge on any atom is -0.411 e. The maximum atomic E-state index is 8.55. The summed E-state index contributed by atoms with van der Waals surface area (Å²) in [6.45, 7) is 46.3. The highest BCUT2D eigenvalue weighted by Crippen LogP contribution is 2.44. The Kier molecular flexibility index (Phi) is 32.1. The molecule has 0 aromatic carbocycles. The normalized spacial score (nSPS) is 26.3. The molecule has 15 nitrogen and oxygen atoms in total. The fourth-order valence-corrected chi connectivity index (χ4v) is 9.84. The van der Waals surface area contributed by atoms with Crippen LogP contribution in [0.5, 0.6) is 0 Å². The van der Waals surface area contributed by atoms with E-state index in [0.29, 0.717) is 48.2 Å². The lowest BCUT2D eigenvalue weighted by Crippen LogP contribution is -2.42. The van der Waals surface area contributed by atoms with E-state index in [1.165, 1.54) is 71.4 Å². The van der Waals surface area contributed by atoms with Crippen LogP contribution in [-0.2, 0) is 0 Å². The third kappa shape index (κ3) is 24.6. The van der Waals surface area contributed by atoms with Crippen LogP contribution < -0.4 is 17.2 Å². The fourth-order valence-electron chi connectivity index (χ4n) is 9.84. The van der Waals surface area contributed by atoms with E-state index in [-0.39, 0.29) is 25.9 Å². The lowest BCUT2D eigenvalue weighted by Gasteiger charge is -2.30. The Hall–Kier alpha value is -1.95. The van der Waals surface area contributed by atoms with E-state index in [4.69, 9.17) is 32.8 Å². The Morgan fingerprint density at radius 1 is 0.507 bits per heavy atom. The topological polar surface area (TPSA) is 195 Å². The number of oxime groups is 3.